The van der Waals surface area contributed by atoms with Crippen molar-refractivity contribution < 1.29 is 19.4 Å². The summed E-state index contributed by atoms with van der Waals surface area (Å²) in [6.45, 7) is 5.08. The molecule has 98 valence electrons. The molecule has 0 aliphatic heterocycles. The SMILES string of the molecule is CC(C)(C)OC(=O)Nc1ncc(Br)nc1C(=O)O. The monoisotopic (exact) mass is 317 g/mol. The van der Waals surface area contributed by atoms with Crippen molar-refractivity contribution in [2.24, 2.45) is 0 Å². The Morgan fingerprint density at radius 1 is 1.44 bits per heavy atom. The standard InChI is InChI=1S/C10H12BrN3O4/c1-10(2,3)18-9(17)14-7-6(8(15)16)13-5(11)4-12-7/h4H,1-3H3,(H,15,16)(H,12,14,17). The average molecular weight is 318 g/mol. The summed E-state index contributed by atoms with van der Waals surface area (Å²) in [6.07, 6.45) is 0.487. The van der Waals surface area contributed by atoms with Crippen molar-refractivity contribution in [1.29, 1.82) is 0 Å². The van der Waals surface area contributed by atoms with Crippen molar-refractivity contribution in [3.05, 3.63) is 16.5 Å². The Morgan fingerprint density at radius 2 is 2.06 bits per heavy atom. The number of halogens is 1. The van der Waals surface area contributed by atoms with Gasteiger partial charge in [-0.2, -0.15) is 0 Å². The quantitative estimate of drug-likeness (QED) is 0.867. The highest BCUT2D eigenvalue weighted by Gasteiger charge is 2.20. The van der Waals surface area contributed by atoms with Crippen LogP contribution in [0.5, 0.6) is 0 Å². The fourth-order valence-corrected chi connectivity index (χ4v) is 1.29. The van der Waals surface area contributed by atoms with Crippen LogP contribution in [0.15, 0.2) is 10.8 Å². The number of nitrogens with zero attached hydrogens (tertiary/aromatic N) is 2. The number of ether oxygens (including phenoxy) is 1. The zero-order valence-corrected chi connectivity index (χ0v) is 11.6. The molecule has 18 heavy (non-hydrogen) atoms. The number of nitrogens with one attached hydrogen (secondary N) is 1. The number of hydrogen-bond donors (Lipinski definition) is 2. The van der Waals surface area contributed by atoms with Crippen LogP contribution >= 0.6 is 15.9 Å². The predicted octanol–water partition coefficient (Wildman–Crippen LogP) is 2.28. The maximum Gasteiger partial charge on any atom is 0.413 e. The van der Waals surface area contributed by atoms with Gasteiger partial charge in [-0.15, -0.1) is 0 Å². The first kappa shape index (κ1) is 14.4. The van der Waals surface area contributed by atoms with Crippen molar-refractivity contribution in [2.75, 3.05) is 5.32 Å². The summed E-state index contributed by atoms with van der Waals surface area (Å²) in [5, 5.41) is 11.2. The molecule has 0 aromatic carbocycles. The third kappa shape index (κ3) is 4.28. The Hall–Kier alpha value is -1.70. The van der Waals surface area contributed by atoms with Crippen LogP contribution in [0.4, 0.5) is 10.6 Å². The van der Waals surface area contributed by atoms with Gasteiger partial charge in [-0.25, -0.2) is 19.6 Å². The van der Waals surface area contributed by atoms with Gasteiger partial charge >= 0.3 is 12.1 Å². The van der Waals surface area contributed by atoms with Gasteiger partial charge in [-0.05, 0) is 36.7 Å². The third-order valence-electron chi connectivity index (χ3n) is 1.57. The third-order valence-corrected chi connectivity index (χ3v) is 1.95. The number of aromatic nitrogens is 2. The van der Waals surface area contributed by atoms with Crippen LogP contribution in [0.25, 0.3) is 0 Å². The number of amides is 1. The molecule has 0 spiro atoms. The van der Waals surface area contributed by atoms with Gasteiger partial charge in [0.2, 0.25) is 0 Å². The molecule has 1 aromatic heterocycles. The number of carboxylic acids is 1. The fourth-order valence-electron chi connectivity index (χ4n) is 1.01. The van der Waals surface area contributed by atoms with Crippen molar-refractivity contribution in [3.8, 4) is 0 Å². The highest BCUT2D eigenvalue weighted by Crippen LogP contribution is 2.15. The second-order valence-corrected chi connectivity index (χ2v) is 5.13. The van der Waals surface area contributed by atoms with E-state index < -0.39 is 17.7 Å². The summed E-state index contributed by atoms with van der Waals surface area (Å²) in [4.78, 5) is 29.9. The van der Waals surface area contributed by atoms with Gasteiger partial charge in [-0.3, -0.25) is 5.32 Å². The summed E-state index contributed by atoms with van der Waals surface area (Å²) < 4.78 is 5.24. The molecule has 0 aliphatic carbocycles. The number of carbonyl (C=O) groups excluding carboxylic acids is 1. The molecule has 0 fully saturated rings. The maximum atomic E-state index is 11.5. The van der Waals surface area contributed by atoms with E-state index >= 15 is 0 Å². The number of anilines is 1. The van der Waals surface area contributed by atoms with Crippen molar-refractivity contribution >= 4 is 33.8 Å². The molecule has 0 saturated heterocycles. The second kappa shape index (κ2) is 5.30. The Bertz CT molecular complexity index is 485. The number of carboxylic acid groups (broad SMARTS) is 1. The second-order valence-electron chi connectivity index (χ2n) is 4.32. The molecular weight excluding hydrogens is 306 g/mol. The van der Waals surface area contributed by atoms with E-state index in [4.69, 9.17) is 9.84 Å². The number of hydrogen-bond acceptors (Lipinski definition) is 5. The smallest absolute Gasteiger partial charge is 0.413 e. The number of rotatable bonds is 2. The fraction of sp³-hybridized carbons (Fsp3) is 0.400. The van der Waals surface area contributed by atoms with Gasteiger partial charge in [-0.1, -0.05) is 0 Å². The van der Waals surface area contributed by atoms with Crippen LogP contribution in [0, 0.1) is 0 Å². The summed E-state index contributed by atoms with van der Waals surface area (Å²) in [5.74, 6) is -1.46. The molecule has 0 bridgehead atoms. The Morgan fingerprint density at radius 3 is 2.56 bits per heavy atom. The molecule has 1 heterocycles. The first-order valence-electron chi connectivity index (χ1n) is 4.95. The van der Waals surface area contributed by atoms with Gasteiger partial charge < -0.3 is 9.84 Å². The largest absolute Gasteiger partial charge is 0.476 e. The molecular formula is C10H12BrN3O4. The molecule has 0 atom stereocenters. The molecule has 1 aromatic rings. The van der Waals surface area contributed by atoms with Crippen molar-refractivity contribution in [3.63, 3.8) is 0 Å². The predicted molar refractivity (Wildman–Crippen MR) is 66.5 cm³/mol. The molecule has 0 radical (unpaired) electrons. The molecule has 1 rings (SSSR count). The molecule has 0 saturated carbocycles. The summed E-state index contributed by atoms with van der Waals surface area (Å²) in [7, 11) is 0. The van der Waals surface area contributed by atoms with Gasteiger partial charge in [0.25, 0.3) is 0 Å². The lowest BCUT2D eigenvalue weighted by molar-refractivity contribution is 0.0635. The van der Waals surface area contributed by atoms with E-state index in [2.05, 4.69) is 31.2 Å². The van der Waals surface area contributed by atoms with E-state index in [0.29, 0.717) is 0 Å². The maximum absolute atomic E-state index is 11.5. The first-order chi connectivity index (χ1) is 8.19. The highest BCUT2D eigenvalue weighted by atomic mass is 79.9. The normalized spacial score (nSPS) is 10.9. The average Bonchev–Trinajstić information content (AvgIpc) is 2.17. The minimum atomic E-state index is -1.30. The van der Waals surface area contributed by atoms with Gasteiger partial charge in [0.1, 0.15) is 10.2 Å². The summed E-state index contributed by atoms with van der Waals surface area (Å²) in [5.41, 5.74) is -1.05. The lowest BCUT2D eigenvalue weighted by Crippen LogP contribution is -2.28. The van der Waals surface area contributed by atoms with Crippen LogP contribution in [0.1, 0.15) is 31.3 Å². The molecule has 1 amide bonds. The van der Waals surface area contributed by atoms with Gasteiger partial charge in [0.15, 0.2) is 11.5 Å². The van der Waals surface area contributed by atoms with Gasteiger partial charge in [0.05, 0.1) is 6.20 Å². The van der Waals surface area contributed by atoms with Crippen molar-refractivity contribution in [2.45, 2.75) is 26.4 Å². The Balaban J connectivity index is 2.91. The lowest BCUT2D eigenvalue weighted by atomic mass is 10.2. The van der Waals surface area contributed by atoms with Crippen molar-refractivity contribution in [1.82, 2.24) is 9.97 Å². The van der Waals surface area contributed by atoms with Crippen LogP contribution in [-0.4, -0.2) is 32.7 Å². The molecule has 8 heteroatoms. The van der Waals surface area contributed by atoms with Crippen LogP contribution in [0.3, 0.4) is 0 Å². The van der Waals surface area contributed by atoms with Crippen LogP contribution in [0.2, 0.25) is 0 Å². The van der Waals surface area contributed by atoms with E-state index in [9.17, 15) is 9.59 Å². The van der Waals surface area contributed by atoms with E-state index in [-0.39, 0.29) is 16.1 Å². The van der Waals surface area contributed by atoms with E-state index in [1.165, 1.54) is 6.20 Å². The zero-order valence-electron chi connectivity index (χ0n) is 10.0. The summed E-state index contributed by atoms with van der Waals surface area (Å²) >= 11 is 3.00. The molecule has 7 nitrogen and oxygen atoms in total. The van der Waals surface area contributed by atoms with Crippen LogP contribution in [-0.2, 0) is 4.74 Å². The number of carbonyl (C=O) groups is 2. The molecule has 2 N–H and O–H groups in total. The highest BCUT2D eigenvalue weighted by molar-refractivity contribution is 9.10. The topological polar surface area (TPSA) is 101 Å². The minimum absolute atomic E-state index is 0.167. The zero-order chi connectivity index (χ0) is 13.9. The number of aromatic carboxylic acids is 1. The van der Waals surface area contributed by atoms with E-state index in [0.717, 1.165) is 0 Å². The Kier molecular flexibility index (Phi) is 4.23. The van der Waals surface area contributed by atoms with E-state index in [1.54, 1.807) is 20.8 Å². The van der Waals surface area contributed by atoms with E-state index in [1.807, 2.05) is 0 Å². The Labute approximate surface area is 112 Å². The summed E-state index contributed by atoms with van der Waals surface area (Å²) in [6, 6.07) is 0. The molecule has 0 unspecified atom stereocenters. The van der Waals surface area contributed by atoms with Gasteiger partial charge in [0, 0.05) is 0 Å². The molecule has 0 aliphatic rings. The minimum Gasteiger partial charge on any atom is -0.476 e. The van der Waals surface area contributed by atoms with Crippen LogP contribution < -0.4 is 5.32 Å². The lowest BCUT2D eigenvalue weighted by Gasteiger charge is -2.19. The first-order valence-corrected chi connectivity index (χ1v) is 5.74.